The van der Waals surface area contributed by atoms with E-state index < -0.39 is 33.8 Å². The van der Waals surface area contributed by atoms with Crippen molar-refractivity contribution in [3.63, 3.8) is 0 Å². The molecule has 1 atom stereocenters. The van der Waals surface area contributed by atoms with Gasteiger partial charge in [0.1, 0.15) is 24.1 Å². The van der Waals surface area contributed by atoms with E-state index in [1.165, 1.54) is 21.9 Å². The van der Waals surface area contributed by atoms with Crippen LogP contribution in [0.25, 0.3) is 0 Å². The van der Waals surface area contributed by atoms with E-state index in [2.05, 4.69) is 0 Å². The third kappa shape index (κ3) is 12.3. The molecule has 1 unspecified atom stereocenters. The molecule has 0 radical (unpaired) electrons. The maximum atomic E-state index is 12.0. The molecule has 0 saturated heterocycles. The molecule has 2 aromatic carbocycles. The van der Waals surface area contributed by atoms with Gasteiger partial charge in [-0.25, -0.2) is 0 Å². The van der Waals surface area contributed by atoms with Gasteiger partial charge >= 0.3 is 32.3 Å². The van der Waals surface area contributed by atoms with Crippen LogP contribution in [0.15, 0.2) is 48.5 Å². The molecule has 11 nitrogen and oxygen atoms in total. The Morgan fingerprint density at radius 2 is 1.28 bits per heavy atom. The second-order valence-electron chi connectivity index (χ2n) is 8.57. The second kappa shape index (κ2) is 15.2. The van der Waals surface area contributed by atoms with Gasteiger partial charge in [-0.2, -0.15) is 0 Å². The number of unbranched alkanes of at least 4 members (excludes halogenated alkanes) is 1. The predicted octanol–water partition coefficient (Wildman–Crippen LogP) is 2.17. The van der Waals surface area contributed by atoms with Crippen molar-refractivity contribution in [3.05, 3.63) is 59.7 Å². The van der Waals surface area contributed by atoms with Crippen LogP contribution >= 0.6 is 15.2 Å². The summed E-state index contributed by atoms with van der Waals surface area (Å²) in [5.41, 5.74) is 6.55. The molecule has 36 heavy (non-hydrogen) atoms. The summed E-state index contributed by atoms with van der Waals surface area (Å²) in [4.78, 5) is 41.9. The predicted molar refractivity (Wildman–Crippen MR) is 133 cm³/mol. The van der Waals surface area contributed by atoms with Crippen molar-refractivity contribution >= 4 is 15.2 Å². The molecule has 0 aromatic heterocycles. The van der Waals surface area contributed by atoms with Crippen molar-refractivity contribution in [2.45, 2.75) is 38.4 Å². The summed E-state index contributed by atoms with van der Waals surface area (Å²) in [6.07, 6.45) is 0.530. The Labute approximate surface area is 221 Å². The Bertz CT molecular complexity index is 1040. The monoisotopic (exact) mass is 587 g/mol. The fraction of sp³-hybridized carbons (Fsp3) is 0.455. The van der Waals surface area contributed by atoms with Gasteiger partial charge < -0.3 is 35.5 Å². The number of phenols is 2. The molecule has 0 amide bonds. The van der Waals surface area contributed by atoms with Crippen molar-refractivity contribution in [1.82, 2.24) is 9.80 Å². The summed E-state index contributed by atoms with van der Waals surface area (Å²) in [6.45, 7) is 0.517. The first-order valence-corrected chi connectivity index (χ1v) is 14.8. The average molecular weight is 587 g/mol. The first-order chi connectivity index (χ1) is 16.4. The maximum absolute atomic E-state index is 12.0. The summed E-state index contributed by atoms with van der Waals surface area (Å²) in [6, 6.07) is 12.4. The number of phenolic OH excluding ortho intramolecular Hbond substituents is 2. The van der Waals surface area contributed by atoms with Crippen LogP contribution in [0.4, 0.5) is 0 Å². The van der Waals surface area contributed by atoms with E-state index >= 15 is 0 Å². The Morgan fingerprint density at radius 1 is 0.778 bits per heavy atom. The topological polar surface area (TPSA) is 188 Å². The first kappa shape index (κ1) is 32.8. The number of hydrogen-bond acceptors (Lipinski definition) is 7. The number of benzene rings is 2. The Morgan fingerprint density at radius 3 is 1.75 bits per heavy atom. The minimum Gasteiger partial charge on any atom is -0.508 e. The van der Waals surface area contributed by atoms with Crippen LogP contribution in [0.3, 0.4) is 0 Å². The average Bonchev–Trinajstić information content (AvgIpc) is 2.74. The minimum atomic E-state index is -4.52. The van der Waals surface area contributed by atoms with E-state index in [1.807, 2.05) is 0 Å². The van der Waals surface area contributed by atoms with Crippen LogP contribution in [0, 0.1) is 0 Å². The van der Waals surface area contributed by atoms with E-state index in [4.69, 9.17) is 5.73 Å². The summed E-state index contributed by atoms with van der Waals surface area (Å²) in [7, 11) is -9.01. The van der Waals surface area contributed by atoms with E-state index in [0.717, 1.165) is 0 Å². The number of hydrogen-bond donors (Lipinski definition) is 7. The van der Waals surface area contributed by atoms with Crippen molar-refractivity contribution in [3.8, 4) is 11.5 Å². The molecule has 0 saturated carbocycles. The zero-order valence-corrected chi connectivity index (χ0v) is 22.7. The number of nitrogens with zero attached hydrogens (tertiary/aromatic N) is 2. The zero-order valence-electron chi connectivity index (χ0n) is 19.8. The van der Waals surface area contributed by atoms with Gasteiger partial charge in [0.2, 0.25) is 0 Å². The summed E-state index contributed by atoms with van der Waals surface area (Å²) in [5, 5.41) is 20.4. The zero-order chi connectivity index (χ0) is 26.1. The Hall–Kier alpha value is -1.26. The molecule has 0 aliphatic heterocycles. The fourth-order valence-electron chi connectivity index (χ4n) is 3.92. The maximum Gasteiger partial charge on any atom is 2.00 e. The molecule has 202 valence electrons. The largest absolute Gasteiger partial charge is 2.00 e. The van der Waals surface area contributed by atoms with Crippen molar-refractivity contribution in [2.75, 3.05) is 25.7 Å². The van der Waals surface area contributed by atoms with Crippen LogP contribution in [0.2, 0.25) is 0 Å². The molecule has 0 spiro atoms. The summed E-state index contributed by atoms with van der Waals surface area (Å²) >= 11 is 0. The molecule has 0 aliphatic rings. The number of para-hydroxylation sites is 2. The molecule has 0 aliphatic carbocycles. The van der Waals surface area contributed by atoms with Gasteiger partial charge in [0, 0.05) is 36.8 Å². The van der Waals surface area contributed by atoms with Crippen LogP contribution in [0.5, 0.6) is 11.5 Å². The number of aromatic hydroxyl groups is 2. The fourth-order valence-corrected chi connectivity index (χ4v) is 5.47. The van der Waals surface area contributed by atoms with E-state index in [0.29, 0.717) is 36.9 Å². The summed E-state index contributed by atoms with van der Waals surface area (Å²) in [5.74, 6) is -0.0469. The van der Waals surface area contributed by atoms with Gasteiger partial charge in [-0.3, -0.25) is 18.9 Å². The second-order valence-corrected chi connectivity index (χ2v) is 11.8. The van der Waals surface area contributed by atoms with Crippen LogP contribution in [-0.4, -0.2) is 71.3 Å². The smallest absolute Gasteiger partial charge is 0.508 e. The van der Waals surface area contributed by atoms with Gasteiger partial charge in [0.15, 0.2) is 0 Å². The normalized spacial score (nSPS) is 13.1. The number of rotatable bonds is 15. The Kier molecular flexibility index (Phi) is 13.9. The Balaban J connectivity index is 0.00000648. The molecule has 2 aromatic rings. The molecule has 0 fully saturated rings. The first-order valence-electron chi connectivity index (χ1n) is 11.2. The standard InChI is InChI=1S/C22H35N3O8P2.Fe/c23-12-6-5-9-20(25(17-35(31,32)33)14-19-8-2-4-11-22(19)27)15-24(16-34(28,29)30)13-18-7-1-3-10-21(18)26;/h1-4,7-8,10-11,20,26-27H,5-6,9,12-17,23H2,(H2,28,29,30)(H2,31,32,33);/q;+2. The van der Waals surface area contributed by atoms with E-state index in [-0.39, 0.29) is 48.2 Å². The molecule has 2 rings (SSSR count). The third-order valence-electron chi connectivity index (χ3n) is 5.48. The van der Waals surface area contributed by atoms with E-state index in [1.54, 1.807) is 36.4 Å². The number of nitrogens with two attached hydrogens (primary N) is 1. The molecular weight excluding hydrogens is 552 g/mol. The quantitative estimate of drug-likeness (QED) is 0.0919. The summed E-state index contributed by atoms with van der Waals surface area (Å²) < 4.78 is 23.9. The van der Waals surface area contributed by atoms with Gasteiger partial charge in [-0.1, -0.05) is 42.8 Å². The van der Waals surface area contributed by atoms with Crippen LogP contribution < -0.4 is 5.73 Å². The van der Waals surface area contributed by atoms with Gasteiger partial charge in [-0.15, -0.1) is 0 Å². The van der Waals surface area contributed by atoms with Crippen LogP contribution in [0.1, 0.15) is 30.4 Å². The molecular formula is C22H35FeN3O8P2+2. The molecule has 8 N–H and O–H groups in total. The molecule has 0 heterocycles. The van der Waals surface area contributed by atoms with Gasteiger partial charge in [-0.05, 0) is 31.5 Å². The van der Waals surface area contributed by atoms with Gasteiger partial charge in [0.05, 0.1) is 0 Å². The van der Waals surface area contributed by atoms with Crippen molar-refractivity contribution < 1.29 is 56.0 Å². The van der Waals surface area contributed by atoms with Gasteiger partial charge in [0.25, 0.3) is 0 Å². The van der Waals surface area contributed by atoms with E-state index in [9.17, 15) is 38.9 Å². The minimum absolute atomic E-state index is 0. The van der Waals surface area contributed by atoms with Crippen LogP contribution in [-0.2, 0) is 39.3 Å². The molecule has 0 bridgehead atoms. The van der Waals surface area contributed by atoms with Crippen molar-refractivity contribution in [2.24, 2.45) is 5.73 Å². The van der Waals surface area contributed by atoms with Crippen molar-refractivity contribution in [1.29, 1.82) is 0 Å². The molecule has 14 heteroatoms. The SMILES string of the molecule is NCCCCC(CN(Cc1ccccc1O)CP(=O)(O)O)N(Cc1ccccc1O)CP(=O)(O)O.[Fe+2]. The third-order valence-corrected chi connectivity index (χ3v) is 6.98.